The minimum absolute atomic E-state index is 0.0638. The van der Waals surface area contributed by atoms with Crippen LogP contribution in [0.15, 0.2) is 49.2 Å². The highest BCUT2D eigenvalue weighted by Gasteiger charge is 2.20. The molecule has 0 N–H and O–H groups in total. The fraction of sp³-hybridized carbons (Fsp3) is 0.250. The summed E-state index contributed by atoms with van der Waals surface area (Å²) in [6, 6.07) is 8.73. The van der Waals surface area contributed by atoms with Crippen molar-refractivity contribution in [2.24, 2.45) is 0 Å². The number of rotatable bonds is 6. The van der Waals surface area contributed by atoms with Gasteiger partial charge in [0.15, 0.2) is 0 Å². The summed E-state index contributed by atoms with van der Waals surface area (Å²) in [5.41, 5.74) is 1.83. The number of aromatic nitrogens is 5. The van der Waals surface area contributed by atoms with Crippen LogP contribution in [-0.4, -0.2) is 47.3 Å². The van der Waals surface area contributed by atoms with E-state index in [1.54, 1.807) is 23.0 Å². The van der Waals surface area contributed by atoms with Gasteiger partial charge in [-0.25, -0.2) is 9.67 Å². The van der Waals surface area contributed by atoms with Gasteiger partial charge in [0.2, 0.25) is 5.91 Å². The van der Waals surface area contributed by atoms with Crippen molar-refractivity contribution in [2.45, 2.75) is 19.5 Å². The summed E-state index contributed by atoms with van der Waals surface area (Å²) in [5, 5.41) is 18.5. The number of likely N-dealkylation sites (N-methyl/N-ethyl adjacent to an activating group) is 1. The van der Waals surface area contributed by atoms with Gasteiger partial charge in [-0.2, -0.15) is 9.78 Å². The smallest absolute Gasteiger partial charge is 0.358 e. The van der Waals surface area contributed by atoms with E-state index in [0.717, 1.165) is 11.3 Å². The highest BCUT2D eigenvalue weighted by molar-refractivity contribution is 5.76. The first-order valence-corrected chi connectivity index (χ1v) is 7.84. The van der Waals surface area contributed by atoms with E-state index in [0.29, 0.717) is 0 Å². The Balaban J connectivity index is 1.67. The molecule has 3 rings (SSSR count). The summed E-state index contributed by atoms with van der Waals surface area (Å²) in [4.78, 5) is 28.0. The number of nitro groups is 1. The van der Waals surface area contributed by atoms with Crippen molar-refractivity contribution in [3.05, 3.63) is 64.9 Å². The largest absolute Gasteiger partial charge is 0.389 e. The summed E-state index contributed by atoms with van der Waals surface area (Å²) in [6.07, 6.45) is 4.49. The van der Waals surface area contributed by atoms with Crippen molar-refractivity contribution >= 4 is 11.7 Å². The van der Waals surface area contributed by atoms with E-state index < -0.39 is 4.92 Å². The van der Waals surface area contributed by atoms with Gasteiger partial charge >= 0.3 is 5.82 Å². The van der Waals surface area contributed by atoms with E-state index in [1.807, 2.05) is 31.2 Å². The first-order chi connectivity index (χ1) is 12.5. The number of hydrogen-bond acceptors (Lipinski definition) is 6. The molecule has 0 radical (unpaired) electrons. The minimum atomic E-state index is -0.593. The molecular weight excluding hydrogens is 338 g/mol. The van der Waals surface area contributed by atoms with Crippen molar-refractivity contribution in [1.29, 1.82) is 0 Å². The molecule has 0 saturated heterocycles. The van der Waals surface area contributed by atoms with E-state index in [4.69, 9.17) is 0 Å². The monoisotopic (exact) mass is 355 g/mol. The average Bonchev–Trinajstić information content (AvgIpc) is 3.32. The lowest BCUT2D eigenvalue weighted by molar-refractivity contribution is -0.389. The van der Waals surface area contributed by atoms with E-state index >= 15 is 0 Å². The lowest BCUT2D eigenvalue weighted by Crippen LogP contribution is -2.32. The molecule has 10 nitrogen and oxygen atoms in total. The number of amides is 1. The third-order valence-electron chi connectivity index (χ3n) is 4.14. The van der Waals surface area contributed by atoms with Crippen molar-refractivity contribution in [2.75, 3.05) is 7.05 Å². The maximum absolute atomic E-state index is 12.4. The molecule has 2 aromatic heterocycles. The average molecular weight is 355 g/mol. The number of carbonyl (C=O) groups is 1. The van der Waals surface area contributed by atoms with Crippen molar-refractivity contribution in [1.82, 2.24) is 29.4 Å². The van der Waals surface area contributed by atoms with Crippen molar-refractivity contribution in [3.8, 4) is 5.69 Å². The maximum Gasteiger partial charge on any atom is 0.389 e. The molecule has 10 heteroatoms. The second kappa shape index (κ2) is 7.13. The molecule has 0 saturated carbocycles. The van der Waals surface area contributed by atoms with Gasteiger partial charge in [-0.15, -0.1) is 0 Å². The fourth-order valence-electron chi connectivity index (χ4n) is 2.47. The summed E-state index contributed by atoms with van der Waals surface area (Å²) in [7, 11) is 1.69. The van der Waals surface area contributed by atoms with Gasteiger partial charge in [-0.05, 0) is 29.5 Å². The SMILES string of the molecule is CC(c1ccc(-n2cncn2)cc1)N(C)C(=O)Cn1ccc([N+](=O)[O-])n1. The molecule has 0 bridgehead atoms. The van der Waals surface area contributed by atoms with Gasteiger partial charge in [-0.3, -0.25) is 4.79 Å². The van der Waals surface area contributed by atoms with E-state index in [1.165, 1.54) is 23.3 Å². The highest BCUT2D eigenvalue weighted by atomic mass is 16.6. The molecule has 1 atom stereocenters. The third kappa shape index (κ3) is 3.58. The lowest BCUT2D eigenvalue weighted by atomic mass is 10.1. The lowest BCUT2D eigenvalue weighted by Gasteiger charge is -2.25. The molecule has 1 aromatic carbocycles. The third-order valence-corrected chi connectivity index (χ3v) is 4.14. The first-order valence-electron chi connectivity index (χ1n) is 7.84. The zero-order chi connectivity index (χ0) is 18.7. The molecule has 0 fully saturated rings. The quantitative estimate of drug-likeness (QED) is 0.490. The number of hydrogen-bond donors (Lipinski definition) is 0. The van der Waals surface area contributed by atoms with Gasteiger partial charge < -0.3 is 15.0 Å². The molecule has 26 heavy (non-hydrogen) atoms. The Morgan fingerprint density at radius 3 is 2.62 bits per heavy atom. The molecule has 1 amide bonds. The Labute approximate surface area is 148 Å². The second-order valence-corrected chi connectivity index (χ2v) is 5.74. The molecular formula is C16H17N7O3. The molecule has 3 aromatic rings. The first kappa shape index (κ1) is 17.3. The van der Waals surface area contributed by atoms with Crippen LogP contribution in [0.5, 0.6) is 0 Å². The second-order valence-electron chi connectivity index (χ2n) is 5.74. The van der Waals surface area contributed by atoms with Gasteiger partial charge in [0, 0.05) is 7.05 Å². The summed E-state index contributed by atoms with van der Waals surface area (Å²) >= 11 is 0. The van der Waals surface area contributed by atoms with Gasteiger partial charge in [0.1, 0.15) is 19.2 Å². The van der Waals surface area contributed by atoms with E-state index in [2.05, 4.69) is 15.2 Å². The van der Waals surface area contributed by atoms with Crippen LogP contribution >= 0.6 is 0 Å². The van der Waals surface area contributed by atoms with Crippen LogP contribution in [0, 0.1) is 10.1 Å². The molecule has 2 heterocycles. The van der Waals surface area contributed by atoms with E-state index in [9.17, 15) is 14.9 Å². The van der Waals surface area contributed by atoms with Crippen LogP contribution in [0.3, 0.4) is 0 Å². The molecule has 1 unspecified atom stereocenters. The topological polar surface area (TPSA) is 112 Å². The zero-order valence-corrected chi connectivity index (χ0v) is 14.3. The normalized spacial score (nSPS) is 11.9. The van der Waals surface area contributed by atoms with E-state index in [-0.39, 0.29) is 24.3 Å². The van der Waals surface area contributed by atoms with Crippen LogP contribution in [0.2, 0.25) is 0 Å². The van der Waals surface area contributed by atoms with Gasteiger partial charge in [0.05, 0.1) is 29.1 Å². The number of benzene rings is 1. The Bertz CT molecular complexity index is 902. The molecule has 0 aliphatic carbocycles. The van der Waals surface area contributed by atoms with Gasteiger partial charge in [0.25, 0.3) is 0 Å². The fourth-order valence-corrected chi connectivity index (χ4v) is 2.47. The summed E-state index contributed by atoms with van der Waals surface area (Å²) in [6.45, 7) is 1.85. The van der Waals surface area contributed by atoms with Crippen LogP contribution < -0.4 is 0 Å². The Morgan fingerprint density at radius 1 is 1.31 bits per heavy atom. The Kier molecular flexibility index (Phi) is 4.74. The predicted molar refractivity (Wildman–Crippen MR) is 91.4 cm³/mol. The number of nitrogens with zero attached hydrogens (tertiary/aromatic N) is 7. The van der Waals surface area contributed by atoms with Crippen LogP contribution in [0.4, 0.5) is 5.82 Å². The Hall–Kier alpha value is -3.56. The molecule has 0 aliphatic heterocycles. The predicted octanol–water partition coefficient (Wildman–Crippen LogP) is 1.59. The van der Waals surface area contributed by atoms with Gasteiger partial charge in [-0.1, -0.05) is 12.1 Å². The van der Waals surface area contributed by atoms with Crippen LogP contribution in [-0.2, 0) is 11.3 Å². The molecule has 134 valence electrons. The zero-order valence-electron chi connectivity index (χ0n) is 14.3. The van der Waals surface area contributed by atoms with Crippen molar-refractivity contribution in [3.63, 3.8) is 0 Å². The van der Waals surface area contributed by atoms with Crippen LogP contribution in [0.25, 0.3) is 5.69 Å². The standard InChI is InChI=1S/C16H17N7O3/c1-12(13-3-5-14(6-4-13)22-11-17-10-18-22)20(2)16(24)9-21-8-7-15(19-21)23(25)26/h3-8,10-12H,9H2,1-2H3. The molecule has 0 spiro atoms. The summed E-state index contributed by atoms with van der Waals surface area (Å²) < 4.78 is 2.91. The minimum Gasteiger partial charge on any atom is -0.358 e. The highest BCUT2D eigenvalue weighted by Crippen LogP contribution is 2.20. The number of carbonyl (C=O) groups excluding carboxylic acids is 1. The van der Waals surface area contributed by atoms with Crippen LogP contribution in [0.1, 0.15) is 18.5 Å². The Morgan fingerprint density at radius 2 is 2.04 bits per heavy atom. The maximum atomic E-state index is 12.4. The molecule has 0 aliphatic rings. The van der Waals surface area contributed by atoms with Crippen molar-refractivity contribution < 1.29 is 9.72 Å². The summed E-state index contributed by atoms with van der Waals surface area (Å²) in [5.74, 6) is -0.479.